The second kappa shape index (κ2) is 10.1. The second-order valence-electron chi connectivity index (χ2n) is 6.46. The summed E-state index contributed by atoms with van der Waals surface area (Å²) >= 11 is 5.30. The largest absolute Gasteiger partial charge is 0.494 e. The molecule has 0 unspecified atom stereocenters. The molecule has 148 valence electrons. The van der Waals surface area contributed by atoms with Gasteiger partial charge in [0.05, 0.1) is 12.7 Å². The molecular formula is C21H25N3O3S. The molecule has 2 aromatic rings. The van der Waals surface area contributed by atoms with E-state index in [1.165, 1.54) is 0 Å². The van der Waals surface area contributed by atoms with E-state index in [2.05, 4.69) is 16.0 Å². The average Bonchev–Trinajstić information content (AvgIpc) is 3.22. The first-order chi connectivity index (χ1) is 13.6. The zero-order chi connectivity index (χ0) is 19.8. The van der Waals surface area contributed by atoms with E-state index in [0.717, 1.165) is 36.6 Å². The minimum Gasteiger partial charge on any atom is -0.494 e. The smallest absolute Gasteiger partial charge is 0.255 e. The highest BCUT2D eigenvalue weighted by Gasteiger charge is 2.15. The molecule has 1 amide bonds. The third kappa shape index (κ3) is 5.94. The number of rotatable bonds is 7. The summed E-state index contributed by atoms with van der Waals surface area (Å²) in [6.07, 6.45) is 2.40. The van der Waals surface area contributed by atoms with Crippen LogP contribution < -0.4 is 20.7 Å². The van der Waals surface area contributed by atoms with Crippen molar-refractivity contribution in [2.45, 2.75) is 25.9 Å². The average molecular weight is 400 g/mol. The first-order valence-corrected chi connectivity index (χ1v) is 9.85. The van der Waals surface area contributed by atoms with Crippen molar-refractivity contribution in [2.75, 3.05) is 30.4 Å². The zero-order valence-electron chi connectivity index (χ0n) is 15.9. The molecule has 1 fully saturated rings. The van der Waals surface area contributed by atoms with E-state index in [0.29, 0.717) is 23.8 Å². The molecule has 1 heterocycles. The number of carbonyl (C=O) groups is 1. The van der Waals surface area contributed by atoms with Gasteiger partial charge in [-0.1, -0.05) is 0 Å². The summed E-state index contributed by atoms with van der Waals surface area (Å²) < 4.78 is 11.0. The third-order valence-electron chi connectivity index (χ3n) is 4.34. The summed E-state index contributed by atoms with van der Waals surface area (Å²) in [5, 5.41) is 9.70. The molecule has 0 radical (unpaired) electrons. The fourth-order valence-electron chi connectivity index (χ4n) is 2.90. The lowest BCUT2D eigenvalue weighted by Crippen LogP contribution is -2.34. The van der Waals surface area contributed by atoms with Crippen LogP contribution in [0.15, 0.2) is 48.5 Å². The maximum atomic E-state index is 12.4. The Bertz CT molecular complexity index is 788. The van der Waals surface area contributed by atoms with Gasteiger partial charge in [0.15, 0.2) is 5.11 Å². The first-order valence-electron chi connectivity index (χ1n) is 9.45. The summed E-state index contributed by atoms with van der Waals surface area (Å²) in [5.74, 6) is 0.606. The molecule has 28 heavy (non-hydrogen) atoms. The molecule has 0 saturated carbocycles. The van der Waals surface area contributed by atoms with Crippen molar-refractivity contribution >= 4 is 34.6 Å². The van der Waals surface area contributed by atoms with Crippen LogP contribution in [0, 0.1) is 0 Å². The van der Waals surface area contributed by atoms with Crippen LogP contribution in [0.3, 0.4) is 0 Å². The normalized spacial score (nSPS) is 15.7. The first kappa shape index (κ1) is 20.1. The molecule has 0 aromatic heterocycles. The van der Waals surface area contributed by atoms with Crippen molar-refractivity contribution in [3.05, 3.63) is 54.1 Å². The number of benzene rings is 2. The number of carbonyl (C=O) groups excluding carboxylic acids is 1. The zero-order valence-corrected chi connectivity index (χ0v) is 16.7. The van der Waals surface area contributed by atoms with E-state index in [9.17, 15) is 4.79 Å². The number of hydrogen-bond acceptors (Lipinski definition) is 4. The van der Waals surface area contributed by atoms with Crippen LogP contribution in [-0.2, 0) is 4.74 Å². The number of ether oxygens (including phenoxy) is 2. The topological polar surface area (TPSA) is 71.6 Å². The lowest BCUT2D eigenvalue weighted by Gasteiger charge is -2.14. The molecular weight excluding hydrogens is 374 g/mol. The van der Waals surface area contributed by atoms with Crippen LogP contribution in [0.1, 0.15) is 30.1 Å². The lowest BCUT2D eigenvalue weighted by atomic mass is 10.2. The molecule has 2 aromatic carbocycles. The summed E-state index contributed by atoms with van der Waals surface area (Å²) in [6.45, 7) is 4.07. The molecule has 0 spiro atoms. The third-order valence-corrected chi connectivity index (χ3v) is 4.59. The molecule has 1 atom stereocenters. The highest BCUT2D eigenvalue weighted by molar-refractivity contribution is 7.80. The van der Waals surface area contributed by atoms with Crippen LogP contribution >= 0.6 is 12.2 Å². The van der Waals surface area contributed by atoms with Gasteiger partial charge in [-0.25, -0.2) is 0 Å². The van der Waals surface area contributed by atoms with Crippen molar-refractivity contribution in [2.24, 2.45) is 0 Å². The number of thiocarbonyl (C=S) groups is 1. The van der Waals surface area contributed by atoms with E-state index in [4.69, 9.17) is 21.7 Å². The quantitative estimate of drug-likeness (QED) is 0.615. The Labute approximate surface area is 170 Å². The Morgan fingerprint density at radius 2 is 1.79 bits per heavy atom. The number of anilines is 2. The Morgan fingerprint density at radius 3 is 2.43 bits per heavy atom. The van der Waals surface area contributed by atoms with Crippen molar-refractivity contribution in [3.8, 4) is 5.75 Å². The van der Waals surface area contributed by atoms with E-state index in [-0.39, 0.29) is 12.0 Å². The summed E-state index contributed by atoms with van der Waals surface area (Å²) in [5.41, 5.74) is 2.11. The maximum absolute atomic E-state index is 12.4. The number of nitrogens with one attached hydrogen (secondary N) is 3. The predicted octanol–water partition coefficient (Wildman–Crippen LogP) is 3.80. The Morgan fingerprint density at radius 1 is 1.11 bits per heavy atom. The molecule has 0 bridgehead atoms. The van der Waals surface area contributed by atoms with Gasteiger partial charge in [0, 0.05) is 30.1 Å². The van der Waals surface area contributed by atoms with E-state index in [1.807, 2.05) is 43.3 Å². The SMILES string of the molecule is CCOc1ccc(NC(=O)c2ccc(NC(=S)NC[C@H]3CCCO3)cc2)cc1. The van der Waals surface area contributed by atoms with Gasteiger partial charge in [0.1, 0.15) is 5.75 Å². The van der Waals surface area contributed by atoms with Crippen molar-refractivity contribution in [1.82, 2.24) is 5.32 Å². The molecule has 3 N–H and O–H groups in total. The monoisotopic (exact) mass is 399 g/mol. The summed E-state index contributed by atoms with van der Waals surface area (Å²) in [6, 6.07) is 14.5. The van der Waals surface area contributed by atoms with E-state index < -0.39 is 0 Å². The standard InChI is InChI=1S/C21H25N3O3S/c1-2-26-18-11-9-16(10-12-18)23-20(25)15-5-7-17(8-6-15)24-21(28)22-14-19-4-3-13-27-19/h5-12,19H,2-4,13-14H2,1H3,(H,23,25)(H2,22,24,28)/t19-/m1/s1. The molecule has 1 aliphatic heterocycles. The number of amides is 1. The second-order valence-corrected chi connectivity index (χ2v) is 6.87. The summed E-state index contributed by atoms with van der Waals surface area (Å²) in [7, 11) is 0. The van der Waals surface area contributed by atoms with E-state index in [1.54, 1.807) is 12.1 Å². The van der Waals surface area contributed by atoms with Gasteiger partial charge in [-0.05, 0) is 80.5 Å². The maximum Gasteiger partial charge on any atom is 0.255 e. The lowest BCUT2D eigenvalue weighted by molar-refractivity contribution is 0.102. The number of hydrogen-bond donors (Lipinski definition) is 3. The minimum absolute atomic E-state index is 0.171. The van der Waals surface area contributed by atoms with Gasteiger partial charge in [0.2, 0.25) is 0 Å². The van der Waals surface area contributed by atoms with Gasteiger partial charge in [-0.15, -0.1) is 0 Å². The van der Waals surface area contributed by atoms with Gasteiger partial charge >= 0.3 is 0 Å². The summed E-state index contributed by atoms with van der Waals surface area (Å²) in [4.78, 5) is 12.4. The fourth-order valence-corrected chi connectivity index (χ4v) is 3.10. The van der Waals surface area contributed by atoms with Crippen LogP contribution in [-0.4, -0.2) is 36.9 Å². The Balaban J connectivity index is 1.48. The highest BCUT2D eigenvalue weighted by atomic mass is 32.1. The predicted molar refractivity (Wildman–Crippen MR) is 115 cm³/mol. The molecule has 1 saturated heterocycles. The van der Waals surface area contributed by atoms with Crippen LogP contribution in [0.2, 0.25) is 0 Å². The van der Waals surface area contributed by atoms with Crippen LogP contribution in [0.5, 0.6) is 5.75 Å². The van der Waals surface area contributed by atoms with Gasteiger partial charge < -0.3 is 25.4 Å². The van der Waals surface area contributed by atoms with Gasteiger partial charge in [0.25, 0.3) is 5.91 Å². The molecule has 1 aliphatic rings. The Hall–Kier alpha value is -2.64. The van der Waals surface area contributed by atoms with Crippen molar-refractivity contribution in [1.29, 1.82) is 0 Å². The molecule has 6 nitrogen and oxygen atoms in total. The van der Waals surface area contributed by atoms with Crippen molar-refractivity contribution in [3.63, 3.8) is 0 Å². The fraction of sp³-hybridized carbons (Fsp3) is 0.333. The van der Waals surface area contributed by atoms with Crippen LogP contribution in [0.25, 0.3) is 0 Å². The molecule has 7 heteroatoms. The van der Waals surface area contributed by atoms with Gasteiger partial charge in [-0.2, -0.15) is 0 Å². The Kier molecular flexibility index (Phi) is 7.22. The van der Waals surface area contributed by atoms with E-state index >= 15 is 0 Å². The molecule has 3 rings (SSSR count). The molecule has 0 aliphatic carbocycles. The van der Waals surface area contributed by atoms with Crippen LogP contribution in [0.4, 0.5) is 11.4 Å². The van der Waals surface area contributed by atoms with Gasteiger partial charge in [-0.3, -0.25) is 4.79 Å². The van der Waals surface area contributed by atoms with Crippen molar-refractivity contribution < 1.29 is 14.3 Å². The highest BCUT2D eigenvalue weighted by Crippen LogP contribution is 2.17. The minimum atomic E-state index is -0.171.